The van der Waals surface area contributed by atoms with Crippen molar-refractivity contribution in [1.82, 2.24) is 9.78 Å². The number of primary sulfonamides is 1. The van der Waals surface area contributed by atoms with Crippen LogP contribution in [0.25, 0.3) is 16.9 Å². The highest BCUT2D eigenvalue weighted by Crippen LogP contribution is 2.37. The average molecular weight is 381 g/mol. The minimum atomic E-state index is -4.69. The Morgan fingerprint density at radius 2 is 1.58 bits per heavy atom. The molecule has 3 rings (SSSR count). The van der Waals surface area contributed by atoms with Crippen LogP contribution < -0.4 is 5.14 Å². The molecule has 0 aliphatic carbocycles. The molecule has 0 radical (unpaired) electrons. The highest BCUT2D eigenvalue weighted by molar-refractivity contribution is 7.89. The van der Waals surface area contributed by atoms with Crippen LogP contribution in [0.3, 0.4) is 0 Å². The molecule has 26 heavy (non-hydrogen) atoms. The van der Waals surface area contributed by atoms with E-state index >= 15 is 0 Å². The zero-order chi connectivity index (χ0) is 19.1. The smallest absolute Gasteiger partial charge is 0.231 e. The van der Waals surface area contributed by atoms with Crippen LogP contribution in [0.15, 0.2) is 59.5 Å². The molecule has 1 aromatic heterocycles. The molecule has 0 bridgehead atoms. The third kappa shape index (κ3) is 3.23. The standard InChI is InChI=1S/C17H14F3N3O2S/c1-11-15(12-7-3-2-4-8-12)23(22-16(11)17(18,19)20)13-9-5-6-10-14(13)26(21,24)25/h2-10H,1H3,(H2,21,24,25). The summed E-state index contributed by atoms with van der Waals surface area (Å²) in [4.78, 5) is -0.312. The fourth-order valence-corrected chi connectivity index (χ4v) is 3.46. The summed E-state index contributed by atoms with van der Waals surface area (Å²) in [5.41, 5.74) is -0.618. The first-order chi connectivity index (χ1) is 12.1. The summed E-state index contributed by atoms with van der Waals surface area (Å²) in [7, 11) is -4.16. The summed E-state index contributed by atoms with van der Waals surface area (Å²) >= 11 is 0. The van der Waals surface area contributed by atoms with Crippen LogP contribution in [0.1, 0.15) is 11.3 Å². The molecule has 1 heterocycles. The van der Waals surface area contributed by atoms with Gasteiger partial charge in [-0.05, 0) is 19.1 Å². The van der Waals surface area contributed by atoms with Crippen molar-refractivity contribution < 1.29 is 21.6 Å². The molecule has 0 saturated heterocycles. The number of benzene rings is 2. The topological polar surface area (TPSA) is 78.0 Å². The number of alkyl halides is 3. The van der Waals surface area contributed by atoms with Gasteiger partial charge >= 0.3 is 6.18 Å². The summed E-state index contributed by atoms with van der Waals surface area (Å²) in [6, 6.07) is 13.8. The molecular weight excluding hydrogens is 367 g/mol. The molecular formula is C17H14F3N3O2S. The Labute approximate surface area is 147 Å². The maximum atomic E-state index is 13.4. The first kappa shape index (κ1) is 18.2. The first-order valence-electron chi connectivity index (χ1n) is 7.45. The van der Waals surface area contributed by atoms with Gasteiger partial charge in [0.15, 0.2) is 5.69 Å². The maximum Gasteiger partial charge on any atom is 0.435 e. The van der Waals surface area contributed by atoms with Gasteiger partial charge in [0.25, 0.3) is 0 Å². The Hall–Kier alpha value is -2.65. The Morgan fingerprint density at radius 1 is 1.00 bits per heavy atom. The first-order valence-corrected chi connectivity index (χ1v) is 9.00. The number of para-hydroxylation sites is 1. The molecule has 9 heteroatoms. The number of halogens is 3. The molecule has 0 unspecified atom stereocenters. The van der Waals surface area contributed by atoms with Gasteiger partial charge < -0.3 is 0 Å². The van der Waals surface area contributed by atoms with Gasteiger partial charge in [0, 0.05) is 11.1 Å². The number of nitrogens with two attached hydrogens (primary N) is 1. The lowest BCUT2D eigenvalue weighted by atomic mass is 10.1. The van der Waals surface area contributed by atoms with Gasteiger partial charge in [-0.15, -0.1) is 0 Å². The molecule has 0 spiro atoms. The number of aromatic nitrogens is 2. The van der Waals surface area contributed by atoms with Gasteiger partial charge in [0.1, 0.15) is 4.90 Å². The van der Waals surface area contributed by atoms with Crippen LogP contribution in [0.5, 0.6) is 0 Å². The van der Waals surface area contributed by atoms with Gasteiger partial charge in [0.05, 0.1) is 11.4 Å². The van der Waals surface area contributed by atoms with Crippen molar-refractivity contribution in [3.8, 4) is 16.9 Å². The van der Waals surface area contributed by atoms with Crippen molar-refractivity contribution in [1.29, 1.82) is 0 Å². The molecule has 3 aromatic rings. The predicted octanol–water partition coefficient (Wildman–Crippen LogP) is 3.51. The van der Waals surface area contributed by atoms with E-state index in [0.29, 0.717) is 5.56 Å². The second-order valence-corrected chi connectivity index (χ2v) is 7.14. The summed E-state index contributed by atoms with van der Waals surface area (Å²) in [5, 5.41) is 8.90. The van der Waals surface area contributed by atoms with Crippen LogP contribution in [-0.2, 0) is 16.2 Å². The third-order valence-corrected chi connectivity index (χ3v) is 4.80. The monoisotopic (exact) mass is 381 g/mol. The highest BCUT2D eigenvalue weighted by Gasteiger charge is 2.38. The molecule has 5 nitrogen and oxygen atoms in total. The summed E-state index contributed by atoms with van der Waals surface area (Å²) in [6.07, 6.45) is -4.69. The van der Waals surface area contributed by atoms with E-state index in [1.807, 2.05) is 0 Å². The Morgan fingerprint density at radius 3 is 2.15 bits per heavy atom. The van der Waals surface area contributed by atoms with E-state index in [0.717, 1.165) is 4.68 Å². The SMILES string of the molecule is Cc1c(C(F)(F)F)nn(-c2ccccc2S(N)(=O)=O)c1-c1ccccc1. The van der Waals surface area contributed by atoms with Gasteiger partial charge in [-0.2, -0.15) is 18.3 Å². The molecule has 0 fully saturated rings. The third-order valence-electron chi connectivity index (χ3n) is 3.84. The molecule has 136 valence electrons. The Balaban J connectivity index is 2.40. The van der Waals surface area contributed by atoms with Crippen LogP contribution >= 0.6 is 0 Å². The lowest BCUT2D eigenvalue weighted by Gasteiger charge is -2.12. The number of hydrogen-bond acceptors (Lipinski definition) is 3. The Bertz CT molecular complexity index is 1060. The van der Waals surface area contributed by atoms with Crippen LogP contribution in [0.2, 0.25) is 0 Å². The van der Waals surface area contributed by atoms with E-state index in [-0.39, 0.29) is 21.8 Å². The van der Waals surface area contributed by atoms with E-state index in [9.17, 15) is 21.6 Å². The van der Waals surface area contributed by atoms with Gasteiger partial charge in [-0.1, -0.05) is 42.5 Å². The fraction of sp³-hybridized carbons (Fsp3) is 0.118. The van der Waals surface area contributed by atoms with Crippen molar-refractivity contribution in [2.75, 3.05) is 0 Å². The fourth-order valence-electron chi connectivity index (χ4n) is 2.75. The van der Waals surface area contributed by atoms with Gasteiger partial charge in [-0.25, -0.2) is 18.2 Å². The second kappa shape index (κ2) is 6.26. The molecule has 2 aromatic carbocycles. The van der Waals surface area contributed by atoms with Gasteiger partial charge in [-0.3, -0.25) is 0 Å². The molecule has 0 aliphatic heterocycles. The van der Waals surface area contributed by atoms with Crippen LogP contribution in [0, 0.1) is 6.92 Å². The zero-order valence-electron chi connectivity index (χ0n) is 13.5. The summed E-state index contributed by atoms with van der Waals surface area (Å²) < 4.78 is 64.9. The number of sulfonamides is 1. The Kier molecular flexibility index (Phi) is 4.37. The van der Waals surface area contributed by atoms with E-state index < -0.39 is 21.9 Å². The van der Waals surface area contributed by atoms with Crippen molar-refractivity contribution in [3.05, 3.63) is 65.9 Å². The van der Waals surface area contributed by atoms with E-state index in [1.165, 1.54) is 31.2 Å². The average Bonchev–Trinajstić information content (AvgIpc) is 2.92. The molecule has 0 saturated carbocycles. The van der Waals surface area contributed by atoms with Crippen molar-refractivity contribution in [2.24, 2.45) is 5.14 Å². The quantitative estimate of drug-likeness (QED) is 0.754. The van der Waals surface area contributed by atoms with E-state index in [4.69, 9.17) is 5.14 Å². The molecule has 0 aliphatic rings. The van der Waals surface area contributed by atoms with E-state index in [1.54, 1.807) is 30.3 Å². The molecule has 2 N–H and O–H groups in total. The largest absolute Gasteiger partial charge is 0.435 e. The predicted molar refractivity (Wildman–Crippen MR) is 90.1 cm³/mol. The zero-order valence-corrected chi connectivity index (χ0v) is 14.3. The van der Waals surface area contributed by atoms with E-state index in [2.05, 4.69) is 5.10 Å². The maximum absolute atomic E-state index is 13.4. The molecule has 0 amide bonds. The lowest BCUT2D eigenvalue weighted by Crippen LogP contribution is -2.16. The number of rotatable bonds is 3. The van der Waals surface area contributed by atoms with Crippen LogP contribution in [-0.4, -0.2) is 18.2 Å². The number of nitrogens with zero attached hydrogens (tertiary/aromatic N) is 2. The molecule has 0 atom stereocenters. The van der Waals surface area contributed by atoms with Crippen molar-refractivity contribution in [3.63, 3.8) is 0 Å². The van der Waals surface area contributed by atoms with Gasteiger partial charge in [0.2, 0.25) is 10.0 Å². The lowest BCUT2D eigenvalue weighted by molar-refractivity contribution is -0.141. The normalized spacial score (nSPS) is 12.3. The summed E-state index contributed by atoms with van der Waals surface area (Å²) in [6.45, 7) is 1.30. The highest BCUT2D eigenvalue weighted by atomic mass is 32.2. The summed E-state index contributed by atoms with van der Waals surface area (Å²) in [5.74, 6) is 0. The minimum Gasteiger partial charge on any atom is -0.231 e. The van der Waals surface area contributed by atoms with Crippen molar-refractivity contribution in [2.45, 2.75) is 18.0 Å². The number of hydrogen-bond donors (Lipinski definition) is 1. The van der Waals surface area contributed by atoms with Crippen molar-refractivity contribution >= 4 is 10.0 Å². The van der Waals surface area contributed by atoms with Crippen LogP contribution in [0.4, 0.5) is 13.2 Å². The second-order valence-electron chi connectivity index (χ2n) is 5.61. The minimum absolute atomic E-state index is 0.0487.